The van der Waals surface area contributed by atoms with Crippen LogP contribution in [-0.4, -0.2) is 61.9 Å². The van der Waals surface area contributed by atoms with Crippen molar-refractivity contribution in [2.45, 2.75) is 214 Å². The molecular formula is C47H83NO5. The molecular weight excluding hydrogens is 659 g/mol. The first-order valence-corrected chi connectivity index (χ1v) is 23.1. The summed E-state index contributed by atoms with van der Waals surface area (Å²) in [5.41, 5.74) is 1.68. The average molecular weight is 742 g/mol. The minimum atomic E-state index is -0.0722. The van der Waals surface area contributed by atoms with Gasteiger partial charge in [0.15, 0.2) is 6.29 Å². The number of carbonyl (C=O) groups excluding carboxylic acids is 2. The summed E-state index contributed by atoms with van der Waals surface area (Å²) in [7, 11) is 0. The molecule has 0 aromatic rings. The van der Waals surface area contributed by atoms with Crippen molar-refractivity contribution in [2.24, 2.45) is 28.6 Å². The van der Waals surface area contributed by atoms with Gasteiger partial charge in [-0.3, -0.25) is 9.59 Å². The number of carbonyl (C=O) groups is 2. The van der Waals surface area contributed by atoms with Crippen LogP contribution >= 0.6 is 0 Å². The number of esters is 1. The van der Waals surface area contributed by atoms with Gasteiger partial charge in [-0.1, -0.05) is 110 Å². The zero-order valence-electron chi connectivity index (χ0n) is 35.4. The molecule has 6 unspecified atom stereocenters. The van der Waals surface area contributed by atoms with Crippen LogP contribution in [0.25, 0.3) is 0 Å². The molecule has 0 saturated heterocycles. The van der Waals surface area contributed by atoms with E-state index in [-0.39, 0.29) is 29.2 Å². The molecule has 53 heavy (non-hydrogen) atoms. The number of fused-ring (bicyclic) bond motifs is 5. The number of Topliss-reactive ketones (excluding diaryl/α,β-unsaturated/α-hetero) is 1. The summed E-state index contributed by atoms with van der Waals surface area (Å²) in [4.78, 5) is 28.4. The van der Waals surface area contributed by atoms with Gasteiger partial charge < -0.3 is 19.1 Å². The van der Waals surface area contributed by atoms with E-state index >= 15 is 0 Å². The molecule has 6 heteroatoms. The van der Waals surface area contributed by atoms with Crippen molar-refractivity contribution in [2.75, 3.05) is 32.8 Å². The number of nitrogens with zero attached hydrogens (tertiary/aromatic N) is 1. The van der Waals surface area contributed by atoms with E-state index in [9.17, 15) is 9.59 Å². The van der Waals surface area contributed by atoms with Crippen molar-refractivity contribution in [1.29, 1.82) is 0 Å². The summed E-state index contributed by atoms with van der Waals surface area (Å²) in [6.07, 6.45) is 31.5. The summed E-state index contributed by atoms with van der Waals surface area (Å²) in [6, 6.07) is 0. The predicted octanol–water partition coefficient (Wildman–Crippen LogP) is 12.2. The number of unbranched alkanes of at least 4 members (excludes halogenated alkanes) is 11. The number of ketones is 1. The molecule has 0 N–H and O–H groups in total. The van der Waals surface area contributed by atoms with E-state index in [2.05, 4.69) is 45.6 Å². The van der Waals surface area contributed by atoms with E-state index in [0.717, 1.165) is 123 Å². The minimum Gasteiger partial charge on any atom is -0.462 e. The second-order valence-electron chi connectivity index (χ2n) is 18.2. The van der Waals surface area contributed by atoms with Gasteiger partial charge >= 0.3 is 5.97 Å². The molecule has 0 bridgehead atoms. The summed E-state index contributed by atoms with van der Waals surface area (Å²) < 4.78 is 18.7. The number of ether oxygens (including phenoxy) is 3. The normalized spacial score (nSPS) is 28.2. The lowest BCUT2D eigenvalue weighted by molar-refractivity contribution is -0.151. The Hall–Kier alpha value is -1.24. The zero-order valence-corrected chi connectivity index (χ0v) is 35.4. The SMILES string of the molecule is CCCCCCCOC(CCCN(CCCC)CCCCCC(=O)OC1CCC2(C)C(=CCC3C4CCC(=O)C4(C)CCC32)C1)OCCCCCCC. The maximum absolute atomic E-state index is 13.0. The number of hydrogen-bond acceptors (Lipinski definition) is 6. The van der Waals surface area contributed by atoms with Crippen molar-refractivity contribution in [1.82, 2.24) is 4.90 Å². The van der Waals surface area contributed by atoms with E-state index in [1.807, 2.05) is 0 Å². The van der Waals surface area contributed by atoms with Crippen LogP contribution in [0.4, 0.5) is 0 Å². The lowest BCUT2D eigenvalue weighted by atomic mass is 9.48. The molecule has 0 spiro atoms. The molecule has 306 valence electrons. The average Bonchev–Trinajstić information content (AvgIpc) is 3.46. The summed E-state index contributed by atoms with van der Waals surface area (Å²) >= 11 is 0. The molecule has 0 heterocycles. The quantitative estimate of drug-likeness (QED) is 0.0344. The third kappa shape index (κ3) is 13.4. The van der Waals surface area contributed by atoms with Crippen molar-refractivity contribution in [3.05, 3.63) is 11.6 Å². The van der Waals surface area contributed by atoms with Gasteiger partial charge in [0, 0.05) is 37.9 Å². The number of rotatable bonds is 28. The van der Waals surface area contributed by atoms with Crippen LogP contribution in [0.1, 0.15) is 202 Å². The second-order valence-corrected chi connectivity index (χ2v) is 18.2. The molecule has 6 nitrogen and oxygen atoms in total. The van der Waals surface area contributed by atoms with Gasteiger partial charge in [-0.05, 0) is 126 Å². The molecule has 4 rings (SSSR count). The fourth-order valence-electron chi connectivity index (χ4n) is 10.8. The molecule has 0 aromatic heterocycles. The van der Waals surface area contributed by atoms with Crippen LogP contribution in [-0.2, 0) is 23.8 Å². The first-order valence-electron chi connectivity index (χ1n) is 23.1. The summed E-state index contributed by atoms with van der Waals surface area (Å²) in [5, 5.41) is 0. The Morgan fingerprint density at radius 3 is 2.04 bits per heavy atom. The van der Waals surface area contributed by atoms with Crippen molar-refractivity contribution in [3.8, 4) is 0 Å². The van der Waals surface area contributed by atoms with Gasteiger partial charge in [0.2, 0.25) is 0 Å². The molecule has 4 aliphatic rings. The Labute approximate surface area is 326 Å². The van der Waals surface area contributed by atoms with Gasteiger partial charge in [0.25, 0.3) is 0 Å². The Morgan fingerprint density at radius 1 is 0.736 bits per heavy atom. The fourth-order valence-corrected chi connectivity index (χ4v) is 10.8. The minimum absolute atomic E-state index is 0.00426. The van der Waals surface area contributed by atoms with Gasteiger partial charge in [-0.25, -0.2) is 0 Å². The van der Waals surface area contributed by atoms with Gasteiger partial charge in [0.1, 0.15) is 11.9 Å². The van der Waals surface area contributed by atoms with Crippen molar-refractivity contribution < 1.29 is 23.8 Å². The van der Waals surface area contributed by atoms with Crippen LogP contribution in [0.3, 0.4) is 0 Å². The third-order valence-electron chi connectivity index (χ3n) is 14.3. The second kappa shape index (κ2) is 23.7. The van der Waals surface area contributed by atoms with Crippen LogP contribution in [0, 0.1) is 28.6 Å². The van der Waals surface area contributed by atoms with E-state index in [4.69, 9.17) is 14.2 Å². The van der Waals surface area contributed by atoms with Gasteiger partial charge in [-0.2, -0.15) is 0 Å². The molecule has 0 aromatic carbocycles. The lowest BCUT2D eigenvalue weighted by Gasteiger charge is -2.56. The van der Waals surface area contributed by atoms with Crippen LogP contribution < -0.4 is 0 Å². The molecule has 0 radical (unpaired) electrons. The monoisotopic (exact) mass is 742 g/mol. The highest BCUT2D eigenvalue weighted by Gasteiger charge is 2.58. The van der Waals surface area contributed by atoms with E-state index in [1.54, 1.807) is 0 Å². The Kier molecular flexibility index (Phi) is 19.9. The zero-order chi connectivity index (χ0) is 37.9. The Bertz CT molecular complexity index is 1070. The number of hydrogen-bond donors (Lipinski definition) is 0. The maximum Gasteiger partial charge on any atom is 0.306 e. The van der Waals surface area contributed by atoms with Crippen LogP contribution in [0.15, 0.2) is 11.6 Å². The van der Waals surface area contributed by atoms with E-state index in [1.165, 1.54) is 76.2 Å². The predicted molar refractivity (Wildman–Crippen MR) is 219 cm³/mol. The highest BCUT2D eigenvalue weighted by molar-refractivity contribution is 5.87. The Balaban J connectivity index is 1.12. The van der Waals surface area contributed by atoms with Gasteiger partial charge in [-0.15, -0.1) is 0 Å². The Morgan fingerprint density at radius 2 is 1.34 bits per heavy atom. The van der Waals surface area contributed by atoms with E-state index < -0.39 is 0 Å². The van der Waals surface area contributed by atoms with Crippen molar-refractivity contribution >= 4 is 11.8 Å². The molecule has 0 amide bonds. The molecule has 4 aliphatic carbocycles. The molecule has 0 aliphatic heterocycles. The van der Waals surface area contributed by atoms with Gasteiger partial charge in [0.05, 0.1) is 0 Å². The highest BCUT2D eigenvalue weighted by atomic mass is 16.7. The fraction of sp³-hybridized carbons (Fsp3) is 0.915. The highest BCUT2D eigenvalue weighted by Crippen LogP contribution is 2.64. The maximum atomic E-state index is 13.0. The molecule has 3 fully saturated rings. The van der Waals surface area contributed by atoms with Crippen molar-refractivity contribution in [3.63, 3.8) is 0 Å². The summed E-state index contributed by atoms with van der Waals surface area (Å²) in [6.45, 7) is 16.5. The topological polar surface area (TPSA) is 65.1 Å². The van der Waals surface area contributed by atoms with Crippen LogP contribution in [0.5, 0.6) is 0 Å². The molecule has 6 atom stereocenters. The van der Waals surface area contributed by atoms with Crippen LogP contribution in [0.2, 0.25) is 0 Å². The lowest BCUT2D eigenvalue weighted by Crippen LogP contribution is -2.50. The summed E-state index contributed by atoms with van der Waals surface area (Å²) in [5.74, 6) is 2.41. The number of allylic oxidation sites excluding steroid dienone is 1. The largest absolute Gasteiger partial charge is 0.462 e. The first-order chi connectivity index (χ1) is 25.7. The standard InChI is InChI=1S/C47H83NO5/c1-6-9-12-14-19-35-51-45(52-36-20-15-13-10-7-2)23-21-34-48(32-11-8-3)33-18-16-17-22-44(50)53-39-28-30-46(4)38(37-39)24-25-40-41-26-27-43(49)47(41,5)31-29-42(40)46/h24,39-42,45H,6-23,25-37H2,1-5H3. The molecule has 3 saturated carbocycles. The smallest absolute Gasteiger partial charge is 0.306 e. The van der Waals surface area contributed by atoms with E-state index in [0.29, 0.717) is 30.0 Å². The third-order valence-corrected chi connectivity index (χ3v) is 14.3. The first kappa shape index (κ1) is 44.5.